The number of fused-ring (bicyclic) bond motifs is 1. The summed E-state index contributed by atoms with van der Waals surface area (Å²) in [7, 11) is 0. The van der Waals surface area contributed by atoms with E-state index in [1.165, 1.54) is 11.1 Å². The van der Waals surface area contributed by atoms with Crippen molar-refractivity contribution in [3.63, 3.8) is 0 Å². The van der Waals surface area contributed by atoms with Gasteiger partial charge in [-0.05, 0) is 19.4 Å². The molecular weight excluding hydrogens is 250 g/mol. The number of carbonyl (C=O) groups excluding carboxylic acids is 1. The highest BCUT2D eigenvalue weighted by Gasteiger charge is 2.13. The molecule has 3 aromatic rings. The van der Waals surface area contributed by atoms with Gasteiger partial charge in [-0.25, -0.2) is 4.52 Å². The van der Waals surface area contributed by atoms with Crippen molar-refractivity contribution in [2.24, 2.45) is 0 Å². The molecule has 0 saturated carbocycles. The molecule has 0 aliphatic rings. The summed E-state index contributed by atoms with van der Waals surface area (Å²) in [5.41, 5.74) is 4.76. The van der Waals surface area contributed by atoms with Gasteiger partial charge in [0.25, 0.3) is 0 Å². The maximum absolute atomic E-state index is 12.4. The molecule has 3 rings (SSSR count). The SMILES string of the molecule is Cc1cc(C)cc(CC(=O)c2cnn3ccncc23)c1. The number of benzene rings is 1. The zero-order valence-corrected chi connectivity index (χ0v) is 11.5. The summed E-state index contributed by atoms with van der Waals surface area (Å²) in [4.78, 5) is 16.5. The van der Waals surface area contributed by atoms with Crippen molar-refractivity contribution in [3.8, 4) is 0 Å². The van der Waals surface area contributed by atoms with E-state index >= 15 is 0 Å². The van der Waals surface area contributed by atoms with Crippen LogP contribution in [-0.4, -0.2) is 20.4 Å². The minimum atomic E-state index is 0.0676. The summed E-state index contributed by atoms with van der Waals surface area (Å²) in [5.74, 6) is 0.0676. The lowest BCUT2D eigenvalue weighted by Crippen LogP contribution is -2.04. The first-order chi connectivity index (χ1) is 9.63. The molecule has 4 heteroatoms. The molecule has 0 unspecified atom stereocenters. The Bertz CT molecular complexity index is 769. The van der Waals surface area contributed by atoms with Crippen LogP contribution in [0.2, 0.25) is 0 Å². The molecule has 2 heterocycles. The summed E-state index contributed by atoms with van der Waals surface area (Å²) in [6.45, 7) is 4.08. The number of carbonyl (C=O) groups is 1. The van der Waals surface area contributed by atoms with Gasteiger partial charge in [-0.1, -0.05) is 29.3 Å². The van der Waals surface area contributed by atoms with Crippen LogP contribution < -0.4 is 0 Å². The lowest BCUT2D eigenvalue weighted by Gasteiger charge is -2.04. The lowest BCUT2D eigenvalue weighted by molar-refractivity contribution is 0.0994. The van der Waals surface area contributed by atoms with Crippen LogP contribution in [0.4, 0.5) is 0 Å². The topological polar surface area (TPSA) is 47.3 Å². The van der Waals surface area contributed by atoms with Crippen molar-refractivity contribution in [1.82, 2.24) is 14.6 Å². The average molecular weight is 265 g/mol. The maximum Gasteiger partial charge on any atom is 0.171 e. The Balaban J connectivity index is 1.93. The van der Waals surface area contributed by atoms with Gasteiger partial charge in [0.05, 0.1) is 23.5 Å². The van der Waals surface area contributed by atoms with E-state index in [0.717, 1.165) is 11.1 Å². The molecule has 0 aliphatic carbocycles. The minimum Gasteiger partial charge on any atom is -0.294 e. The van der Waals surface area contributed by atoms with Crippen LogP contribution in [0.5, 0.6) is 0 Å². The fraction of sp³-hybridized carbons (Fsp3) is 0.188. The fourth-order valence-corrected chi connectivity index (χ4v) is 2.50. The molecule has 4 nitrogen and oxygen atoms in total. The second-order valence-electron chi connectivity index (χ2n) is 5.06. The molecule has 0 saturated heterocycles. The van der Waals surface area contributed by atoms with Gasteiger partial charge in [0.1, 0.15) is 0 Å². The molecule has 0 fully saturated rings. The van der Waals surface area contributed by atoms with Gasteiger partial charge in [-0.3, -0.25) is 9.78 Å². The van der Waals surface area contributed by atoms with E-state index < -0.39 is 0 Å². The number of aryl methyl sites for hydroxylation is 2. The normalized spacial score (nSPS) is 10.9. The fourth-order valence-electron chi connectivity index (χ4n) is 2.50. The van der Waals surface area contributed by atoms with Crippen LogP contribution in [0.25, 0.3) is 5.52 Å². The Labute approximate surface area is 117 Å². The molecule has 0 atom stereocenters. The monoisotopic (exact) mass is 265 g/mol. The smallest absolute Gasteiger partial charge is 0.171 e. The molecule has 0 N–H and O–H groups in total. The third-order valence-corrected chi connectivity index (χ3v) is 3.27. The van der Waals surface area contributed by atoms with Crippen LogP contribution >= 0.6 is 0 Å². The molecule has 100 valence electrons. The first-order valence-corrected chi connectivity index (χ1v) is 6.51. The van der Waals surface area contributed by atoms with E-state index in [9.17, 15) is 4.79 Å². The molecular formula is C16H15N3O. The quantitative estimate of drug-likeness (QED) is 0.684. The van der Waals surface area contributed by atoms with Crippen LogP contribution in [0.3, 0.4) is 0 Å². The van der Waals surface area contributed by atoms with Crippen molar-refractivity contribution in [2.75, 3.05) is 0 Å². The molecule has 0 bridgehead atoms. The number of rotatable bonds is 3. The highest BCUT2D eigenvalue weighted by molar-refractivity contribution is 6.03. The van der Waals surface area contributed by atoms with E-state index in [4.69, 9.17) is 0 Å². The zero-order chi connectivity index (χ0) is 14.1. The number of nitrogens with zero attached hydrogens (tertiary/aromatic N) is 3. The van der Waals surface area contributed by atoms with Gasteiger partial charge in [0.2, 0.25) is 0 Å². The van der Waals surface area contributed by atoms with Crippen molar-refractivity contribution in [3.05, 3.63) is 65.2 Å². The van der Waals surface area contributed by atoms with Gasteiger partial charge in [0.15, 0.2) is 5.78 Å². The van der Waals surface area contributed by atoms with Gasteiger partial charge in [-0.2, -0.15) is 5.10 Å². The van der Waals surface area contributed by atoms with Crippen molar-refractivity contribution in [1.29, 1.82) is 0 Å². The van der Waals surface area contributed by atoms with E-state index in [0.29, 0.717) is 12.0 Å². The van der Waals surface area contributed by atoms with Crippen LogP contribution in [0, 0.1) is 13.8 Å². The summed E-state index contributed by atoms with van der Waals surface area (Å²) in [6, 6.07) is 6.21. The third kappa shape index (κ3) is 2.32. The molecule has 0 radical (unpaired) electrons. The largest absolute Gasteiger partial charge is 0.294 e. The van der Waals surface area contributed by atoms with E-state index in [-0.39, 0.29) is 5.78 Å². The third-order valence-electron chi connectivity index (χ3n) is 3.27. The van der Waals surface area contributed by atoms with Crippen molar-refractivity contribution < 1.29 is 4.79 Å². The van der Waals surface area contributed by atoms with Crippen molar-refractivity contribution >= 4 is 11.3 Å². The Kier molecular flexibility index (Phi) is 3.06. The van der Waals surface area contributed by atoms with Gasteiger partial charge in [0, 0.05) is 18.8 Å². The van der Waals surface area contributed by atoms with E-state index in [1.807, 2.05) is 13.8 Å². The predicted octanol–water partition coefficient (Wildman–Crippen LogP) is 2.77. The van der Waals surface area contributed by atoms with Gasteiger partial charge >= 0.3 is 0 Å². The highest BCUT2D eigenvalue weighted by Crippen LogP contribution is 2.15. The zero-order valence-electron chi connectivity index (χ0n) is 11.5. The van der Waals surface area contributed by atoms with Crippen LogP contribution in [0.1, 0.15) is 27.0 Å². The second-order valence-corrected chi connectivity index (χ2v) is 5.06. The summed E-state index contributed by atoms with van der Waals surface area (Å²) in [6.07, 6.45) is 7.06. The minimum absolute atomic E-state index is 0.0676. The standard InChI is InChI=1S/C16H15N3O/c1-11-5-12(2)7-13(6-11)8-16(20)14-9-18-19-4-3-17-10-15(14)19/h3-7,9-10H,8H2,1-2H3. The maximum atomic E-state index is 12.4. The highest BCUT2D eigenvalue weighted by atomic mass is 16.1. The van der Waals surface area contributed by atoms with Crippen LogP contribution in [-0.2, 0) is 6.42 Å². The number of ketones is 1. The molecule has 0 aliphatic heterocycles. The van der Waals surface area contributed by atoms with Crippen molar-refractivity contribution in [2.45, 2.75) is 20.3 Å². The molecule has 20 heavy (non-hydrogen) atoms. The van der Waals surface area contributed by atoms with E-state index in [2.05, 4.69) is 28.3 Å². The summed E-state index contributed by atoms with van der Waals surface area (Å²) >= 11 is 0. The number of hydrogen-bond acceptors (Lipinski definition) is 3. The Morgan fingerprint density at radius 2 is 1.90 bits per heavy atom. The average Bonchev–Trinajstić information content (AvgIpc) is 2.81. The molecule has 0 spiro atoms. The summed E-state index contributed by atoms with van der Waals surface area (Å²) < 4.78 is 1.67. The van der Waals surface area contributed by atoms with Gasteiger partial charge < -0.3 is 0 Å². The lowest BCUT2D eigenvalue weighted by atomic mass is 10.0. The Morgan fingerprint density at radius 1 is 1.15 bits per heavy atom. The second kappa shape index (κ2) is 4.89. The predicted molar refractivity (Wildman–Crippen MR) is 76.9 cm³/mol. The Morgan fingerprint density at radius 3 is 2.65 bits per heavy atom. The van der Waals surface area contributed by atoms with Crippen LogP contribution in [0.15, 0.2) is 43.0 Å². The number of Topliss-reactive ketones (excluding diaryl/α,β-unsaturated/α-hetero) is 1. The van der Waals surface area contributed by atoms with Gasteiger partial charge in [-0.15, -0.1) is 0 Å². The molecule has 0 amide bonds. The molecule has 2 aromatic heterocycles. The van der Waals surface area contributed by atoms with E-state index in [1.54, 1.807) is 29.3 Å². The first kappa shape index (κ1) is 12.5. The number of hydrogen-bond donors (Lipinski definition) is 0. The first-order valence-electron chi connectivity index (χ1n) is 6.51. The Hall–Kier alpha value is -2.49. The number of aromatic nitrogens is 3. The summed E-state index contributed by atoms with van der Waals surface area (Å²) in [5, 5.41) is 4.17. The molecule has 1 aromatic carbocycles.